The van der Waals surface area contributed by atoms with Crippen LogP contribution in [0.25, 0.3) is 6.08 Å². The maximum Gasteiger partial charge on any atom is 0.269 e. The van der Waals surface area contributed by atoms with Crippen LogP contribution in [0.1, 0.15) is 11.1 Å². The molecule has 130 valence electrons. The quantitative estimate of drug-likeness (QED) is 0.466. The molecule has 0 saturated carbocycles. The summed E-state index contributed by atoms with van der Waals surface area (Å²) in [5, 5.41) is 10.6. The zero-order chi connectivity index (χ0) is 18.3. The average Bonchev–Trinajstić information content (AvgIpc) is 2.58. The van der Waals surface area contributed by atoms with E-state index in [1.165, 1.54) is 12.1 Å². The molecule has 0 aliphatic heterocycles. The van der Waals surface area contributed by atoms with Crippen molar-refractivity contribution in [2.24, 2.45) is 0 Å². The zero-order valence-corrected chi connectivity index (χ0v) is 14.4. The van der Waals surface area contributed by atoms with Crippen LogP contribution in [0.4, 0.5) is 5.69 Å². The number of non-ortho nitro benzene ring substituents is 1. The summed E-state index contributed by atoms with van der Waals surface area (Å²) in [6, 6.07) is 12.8. The maximum atomic E-state index is 12.1. The Morgan fingerprint density at radius 2 is 1.68 bits per heavy atom. The van der Waals surface area contributed by atoms with Crippen molar-refractivity contribution in [3.63, 3.8) is 0 Å². The van der Waals surface area contributed by atoms with Crippen LogP contribution in [0.15, 0.2) is 71.7 Å². The standard InChI is InChI=1S/C18H18N2O4S/c1-15-6-12-18(13-7-15)25(23,24)19-14-4-2-3-5-16-8-10-17(11-9-16)20(21)22/h2-13,19H,14H2,1H3/b4-2+,5-3+. The summed E-state index contributed by atoms with van der Waals surface area (Å²) in [6.45, 7) is 2.06. The van der Waals surface area contributed by atoms with E-state index in [0.29, 0.717) is 0 Å². The molecule has 0 aromatic heterocycles. The molecule has 7 heteroatoms. The Labute approximate surface area is 146 Å². The maximum absolute atomic E-state index is 12.1. The molecule has 0 radical (unpaired) electrons. The molecule has 0 spiro atoms. The average molecular weight is 358 g/mol. The van der Waals surface area contributed by atoms with Crippen molar-refractivity contribution < 1.29 is 13.3 Å². The third kappa shape index (κ3) is 5.66. The van der Waals surface area contributed by atoms with Crippen LogP contribution >= 0.6 is 0 Å². The number of rotatable bonds is 7. The molecule has 0 bridgehead atoms. The highest BCUT2D eigenvalue weighted by Gasteiger charge is 2.11. The Balaban J connectivity index is 1.86. The van der Waals surface area contributed by atoms with Gasteiger partial charge in [0.15, 0.2) is 0 Å². The molecule has 1 N–H and O–H groups in total. The Kier molecular flexibility index (Phi) is 6.21. The Bertz CT molecular complexity index is 884. The van der Waals surface area contributed by atoms with Crippen molar-refractivity contribution in [1.82, 2.24) is 4.72 Å². The summed E-state index contributed by atoms with van der Waals surface area (Å²) < 4.78 is 26.6. The van der Waals surface area contributed by atoms with Gasteiger partial charge in [-0.3, -0.25) is 10.1 Å². The number of benzene rings is 2. The van der Waals surface area contributed by atoms with Gasteiger partial charge >= 0.3 is 0 Å². The molecule has 0 aliphatic rings. The van der Waals surface area contributed by atoms with E-state index < -0.39 is 14.9 Å². The van der Waals surface area contributed by atoms with Crippen LogP contribution in [0, 0.1) is 17.0 Å². The summed E-state index contributed by atoms with van der Waals surface area (Å²) in [5.74, 6) is 0. The van der Waals surface area contributed by atoms with Crippen LogP contribution in [-0.2, 0) is 10.0 Å². The Morgan fingerprint density at radius 1 is 1.04 bits per heavy atom. The zero-order valence-electron chi connectivity index (χ0n) is 13.6. The fraction of sp³-hybridized carbons (Fsp3) is 0.111. The predicted molar refractivity (Wildman–Crippen MR) is 97.6 cm³/mol. The molecule has 0 heterocycles. The second-order valence-corrected chi connectivity index (χ2v) is 7.07. The van der Waals surface area contributed by atoms with Crippen molar-refractivity contribution in [3.8, 4) is 0 Å². The van der Waals surface area contributed by atoms with Crippen molar-refractivity contribution in [2.75, 3.05) is 6.54 Å². The third-order valence-corrected chi connectivity index (χ3v) is 4.80. The van der Waals surface area contributed by atoms with Gasteiger partial charge in [-0.2, -0.15) is 0 Å². The van der Waals surface area contributed by atoms with E-state index in [1.54, 1.807) is 60.7 Å². The number of hydrogen-bond acceptors (Lipinski definition) is 4. The van der Waals surface area contributed by atoms with Crippen molar-refractivity contribution in [2.45, 2.75) is 11.8 Å². The lowest BCUT2D eigenvalue weighted by atomic mass is 10.2. The number of hydrogen-bond donors (Lipinski definition) is 1. The molecular weight excluding hydrogens is 340 g/mol. The molecule has 0 amide bonds. The molecule has 0 fully saturated rings. The van der Waals surface area contributed by atoms with Crippen molar-refractivity contribution >= 4 is 21.8 Å². The van der Waals surface area contributed by atoms with Crippen LogP contribution in [-0.4, -0.2) is 19.9 Å². The number of nitro groups is 1. The number of nitro benzene ring substituents is 1. The Hall–Kier alpha value is -2.77. The van der Waals surface area contributed by atoms with Crippen LogP contribution in [0.3, 0.4) is 0 Å². The second-order valence-electron chi connectivity index (χ2n) is 5.30. The highest BCUT2D eigenvalue weighted by molar-refractivity contribution is 7.89. The van der Waals surface area contributed by atoms with Gasteiger partial charge in [-0.15, -0.1) is 0 Å². The van der Waals surface area contributed by atoms with Crippen molar-refractivity contribution in [3.05, 3.63) is 88.0 Å². The first-order valence-electron chi connectivity index (χ1n) is 7.52. The number of allylic oxidation sites excluding steroid dienone is 2. The molecule has 0 atom stereocenters. The molecule has 25 heavy (non-hydrogen) atoms. The van der Waals surface area contributed by atoms with Crippen LogP contribution in [0.2, 0.25) is 0 Å². The van der Waals surface area contributed by atoms with Gasteiger partial charge in [0.2, 0.25) is 10.0 Å². The highest BCUT2D eigenvalue weighted by Crippen LogP contribution is 2.13. The van der Waals surface area contributed by atoms with E-state index in [-0.39, 0.29) is 17.1 Å². The van der Waals surface area contributed by atoms with Gasteiger partial charge in [-0.25, -0.2) is 13.1 Å². The van der Waals surface area contributed by atoms with E-state index in [4.69, 9.17) is 0 Å². The lowest BCUT2D eigenvalue weighted by molar-refractivity contribution is -0.384. The highest BCUT2D eigenvalue weighted by atomic mass is 32.2. The molecule has 0 unspecified atom stereocenters. The minimum absolute atomic E-state index is 0.0400. The van der Waals surface area contributed by atoms with Gasteiger partial charge in [-0.05, 0) is 36.8 Å². The fourth-order valence-electron chi connectivity index (χ4n) is 1.98. The van der Waals surface area contributed by atoms with E-state index in [0.717, 1.165) is 11.1 Å². The predicted octanol–water partition coefficient (Wildman–Crippen LogP) is 3.45. The van der Waals surface area contributed by atoms with Crippen molar-refractivity contribution in [1.29, 1.82) is 0 Å². The molecule has 2 aromatic carbocycles. The van der Waals surface area contributed by atoms with E-state index in [2.05, 4.69) is 4.72 Å². The van der Waals surface area contributed by atoms with Crippen LogP contribution in [0.5, 0.6) is 0 Å². The lowest BCUT2D eigenvalue weighted by Gasteiger charge is -2.04. The van der Waals surface area contributed by atoms with Gasteiger partial charge < -0.3 is 0 Å². The van der Waals surface area contributed by atoms with E-state index >= 15 is 0 Å². The molecular formula is C18H18N2O4S. The normalized spacial score (nSPS) is 12.0. The molecule has 0 saturated heterocycles. The first-order valence-corrected chi connectivity index (χ1v) is 9.01. The molecule has 6 nitrogen and oxygen atoms in total. The molecule has 0 aliphatic carbocycles. The number of nitrogens with one attached hydrogen (secondary N) is 1. The van der Waals surface area contributed by atoms with E-state index in [9.17, 15) is 18.5 Å². The third-order valence-electron chi connectivity index (χ3n) is 3.36. The van der Waals surface area contributed by atoms with Gasteiger partial charge in [0.05, 0.1) is 9.82 Å². The van der Waals surface area contributed by atoms with Gasteiger partial charge in [-0.1, -0.05) is 42.0 Å². The van der Waals surface area contributed by atoms with Gasteiger partial charge in [0, 0.05) is 18.7 Å². The minimum atomic E-state index is -3.52. The minimum Gasteiger partial charge on any atom is -0.258 e. The second kappa shape index (κ2) is 8.36. The number of nitrogens with zero attached hydrogens (tertiary/aromatic N) is 1. The largest absolute Gasteiger partial charge is 0.269 e. The van der Waals surface area contributed by atoms with Crippen LogP contribution < -0.4 is 4.72 Å². The SMILES string of the molecule is Cc1ccc(S(=O)(=O)NC/C=C/C=C/c2ccc([N+](=O)[O-])cc2)cc1. The van der Waals surface area contributed by atoms with Gasteiger partial charge in [0.25, 0.3) is 5.69 Å². The van der Waals surface area contributed by atoms with Gasteiger partial charge in [0.1, 0.15) is 0 Å². The number of aryl methyl sites for hydroxylation is 1. The topological polar surface area (TPSA) is 89.3 Å². The summed E-state index contributed by atoms with van der Waals surface area (Å²) in [4.78, 5) is 10.3. The summed E-state index contributed by atoms with van der Waals surface area (Å²) in [7, 11) is -3.52. The fourth-order valence-corrected chi connectivity index (χ4v) is 2.96. The Morgan fingerprint density at radius 3 is 2.28 bits per heavy atom. The number of sulfonamides is 1. The first-order chi connectivity index (χ1) is 11.9. The summed E-state index contributed by atoms with van der Waals surface area (Å²) in [6.07, 6.45) is 6.89. The summed E-state index contributed by atoms with van der Waals surface area (Å²) >= 11 is 0. The molecule has 2 aromatic rings. The molecule has 2 rings (SSSR count). The smallest absolute Gasteiger partial charge is 0.258 e. The van der Waals surface area contributed by atoms with E-state index in [1.807, 2.05) is 6.92 Å². The summed E-state index contributed by atoms with van der Waals surface area (Å²) in [5.41, 5.74) is 1.85. The monoisotopic (exact) mass is 358 g/mol. The first kappa shape index (κ1) is 18.6. The lowest BCUT2D eigenvalue weighted by Crippen LogP contribution is -2.23.